The molecule has 1 unspecified atom stereocenters. The van der Waals surface area contributed by atoms with Gasteiger partial charge in [-0.25, -0.2) is 8.42 Å². The van der Waals surface area contributed by atoms with Gasteiger partial charge in [-0.3, -0.25) is 0 Å². The zero-order chi connectivity index (χ0) is 21.1. The number of benzene rings is 2. The predicted molar refractivity (Wildman–Crippen MR) is 112 cm³/mol. The number of piperidine rings is 1. The number of hydrogen-bond donors (Lipinski definition) is 0. The maximum absolute atomic E-state index is 13.2. The summed E-state index contributed by atoms with van der Waals surface area (Å²) in [4.78, 5) is 0.366. The predicted octanol–water partition coefficient (Wildman–Crippen LogP) is 3.83. The molecule has 0 aliphatic carbocycles. The summed E-state index contributed by atoms with van der Waals surface area (Å²) in [6, 6.07) is 14.9. The van der Waals surface area contributed by atoms with E-state index in [0.29, 0.717) is 29.8 Å². The molecule has 1 atom stereocenters. The van der Waals surface area contributed by atoms with Gasteiger partial charge in [0.2, 0.25) is 15.9 Å². The van der Waals surface area contributed by atoms with Crippen molar-refractivity contribution in [2.24, 2.45) is 0 Å². The number of nitrogens with zero attached hydrogens (tertiary/aromatic N) is 3. The molecule has 2 heterocycles. The highest BCUT2D eigenvalue weighted by atomic mass is 32.2. The number of rotatable bonds is 6. The van der Waals surface area contributed by atoms with E-state index < -0.39 is 10.0 Å². The fraction of sp³-hybridized carbons (Fsp3) is 0.364. The van der Waals surface area contributed by atoms with E-state index >= 15 is 0 Å². The fourth-order valence-corrected chi connectivity index (χ4v) is 5.47. The molecule has 1 saturated heterocycles. The molecule has 0 saturated carbocycles. The molecule has 1 fully saturated rings. The van der Waals surface area contributed by atoms with Crippen molar-refractivity contribution in [3.05, 3.63) is 71.4 Å². The van der Waals surface area contributed by atoms with Gasteiger partial charge in [0.1, 0.15) is 5.75 Å². The van der Waals surface area contributed by atoms with Gasteiger partial charge in [-0.15, -0.1) is 10.2 Å². The minimum absolute atomic E-state index is 0.128. The fourth-order valence-electron chi connectivity index (χ4n) is 3.64. The minimum atomic E-state index is -3.58. The van der Waals surface area contributed by atoms with Crippen LogP contribution in [0.5, 0.6) is 5.75 Å². The monoisotopic (exact) mass is 427 g/mol. The Hall–Kier alpha value is -2.71. The maximum Gasteiger partial charge on any atom is 0.253 e. The zero-order valence-electron chi connectivity index (χ0n) is 17.1. The highest BCUT2D eigenvalue weighted by Crippen LogP contribution is 2.31. The van der Waals surface area contributed by atoms with E-state index in [1.807, 2.05) is 56.3 Å². The summed E-state index contributed by atoms with van der Waals surface area (Å²) in [7, 11) is -3.58. The zero-order valence-corrected chi connectivity index (χ0v) is 17.9. The summed E-state index contributed by atoms with van der Waals surface area (Å²) < 4.78 is 39.5. The average Bonchev–Trinajstić information content (AvgIpc) is 3.24. The number of ether oxygens (including phenoxy) is 1. The van der Waals surface area contributed by atoms with Crippen LogP contribution in [0.25, 0.3) is 0 Å². The van der Waals surface area contributed by atoms with E-state index in [0.717, 1.165) is 29.7 Å². The molecule has 0 spiro atoms. The Bertz CT molecular complexity index is 1110. The largest absolute Gasteiger partial charge is 0.484 e. The van der Waals surface area contributed by atoms with Crippen molar-refractivity contribution >= 4 is 10.0 Å². The van der Waals surface area contributed by atoms with E-state index in [1.165, 1.54) is 4.31 Å². The molecule has 1 aliphatic rings. The van der Waals surface area contributed by atoms with E-state index in [9.17, 15) is 8.42 Å². The molecule has 0 amide bonds. The molecule has 3 aromatic rings. The summed E-state index contributed by atoms with van der Waals surface area (Å²) in [5, 5.41) is 8.22. The summed E-state index contributed by atoms with van der Waals surface area (Å²) >= 11 is 0. The Morgan fingerprint density at radius 2 is 1.93 bits per heavy atom. The normalized spacial score (nSPS) is 17.7. The molecule has 0 N–H and O–H groups in total. The molecule has 4 rings (SSSR count). The van der Waals surface area contributed by atoms with Gasteiger partial charge < -0.3 is 9.15 Å². The van der Waals surface area contributed by atoms with Crippen LogP contribution in [0.1, 0.15) is 41.7 Å². The molecule has 1 aliphatic heterocycles. The van der Waals surface area contributed by atoms with Crippen molar-refractivity contribution in [2.75, 3.05) is 13.1 Å². The third-order valence-electron chi connectivity index (χ3n) is 5.28. The first kappa shape index (κ1) is 20.6. The SMILES string of the molecule is Cc1ccc(C)c(S(=O)(=O)N2CCCC(c3nnc(COc4ccccc4)o3)C2)c1. The van der Waals surface area contributed by atoms with Crippen LogP contribution < -0.4 is 4.74 Å². The van der Waals surface area contributed by atoms with Gasteiger partial charge in [-0.2, -0.15) is 4.31 Å². The number of aromatic nitrogens is 2. The van der Waals surface area contributed by atoms with Crippen molar-refractivity contribution in [3.8, 4) is 5.75 Å². The second-order valence-corrected chi connectivity index (χ2v) is 9.51. The quantitative estimate of drug-likeness (QED) is 0.594. The first-order valence-electron chi connectivity index (χ1n) is 10.0. The molecular weight excluding hydrogens is 402 g/mol. The average molecular weight is 428 g/mol. The van der Waals surface area contributed by atoms with E-state index in [2.05, 4.69) is 10.2 Å². The second kappa shape index (κ2) is 8.57. The lowest BCUT2D eigenvalue weighted by Crippen LogP contribution is -2.39. The van der Waals surface area contributed by atoms with Gasteiger partial charge in [-0.1, -0.05) is 30.3 Å². The van der Waals surface area contributed by atoms with Gasteiger partial charge in [0.05, 0.1) is 10.8 Å². The van der Waals surface area contributed by atoms with Crippen molar-refractivity contribution in [1.29, 1.82) is 0 Å². The number of sulfonamides is 1. The Morgan fingerprint density at radius 3 is 2.73 bits per heavy atom. The number of hydrogen-bond acceptors (Lipinski definition) is 6. The van der Waals surface area contributed by atoms with Crippen molar-refractivity contribution < 1.29 is 17.6 Å². The van der Waals surface area contributed by atoms with Gasteiger partial charge in [0.15, 0.2) is 6.61 Å². The molecule has 2 aromatic carbocycles. The molecule has 30 heavy (non-hydrogen) atoms. The van der Waals surface area contributed by atoms with Crippen LogP contribution in [-0.4, -0.2) is 36.0 Å². The topological polar surface area (TPSA) is 85.5 Å². The van der Waals surface area contributed by atoms with Crippen LogP contribution in [-0.2, 0) is 16.6 Å². The summed E-state index contributed by atoms with van der Waals surface area (Å²) in [5.74, 6) is 1.43. The standard InChI is InChI=1S/C22H25N3O4S/c1-16-10-11-17(2)20(13-16)30(26,27)25-12-6-7-18(14-25)22-24-23-21(29-22)15-28-19-8-4-3-5-9-19/h3-5,8-11,13,18H,6-7,12,14-15H2,1-2H3. The minimum Gasteiger partial charge on any atom is -0.484 e. The highest BCUT2D eigenvalue weighted by molar-refractivity contribution is 7.89. The molecule has 1 aromatic heterocycles. The van der Waals surface area contributed by atoms with E-state index in [-0.39, 0.29) is 12.5 Å². The molecule has 0 radical (unpaired) electrons. The van der Waals surface area contributed by atoms with E-state index in [1.54, 1.807) is 6.07 Å². The Balaban J connectivity index is 1.46. The lowest BCUT2D eigenvalue weighted by atomic mass is 10.00. The Labute approximate surface area is 176 Å². The third-order valence-corrected chi connectivity index (χ3v) is 7.29. The van der Waals surface area contributed by atoms with Crippen molar-refractivity contribution in [2.45, 2.75) is 44.1 Å². The summed E-state index contributed by atoms with van der Waals surface area (Å²) in [6.45, 7) is 4.72. The van der Waals surface area contributed by atoms with Crippen LogP contribution in [0.15, 0.2) is 57.8 Å². The van der Waals surface area contributed by atoms with E-state index in [4.69, 9.17) is 9.15 Å². The Kier molecular flexibility index (Phi) is 5.87. The van der Waals surface area contributed by atoms with Crippen molar-refractivity contribution in [1.82, 2.24) is 14.5 Å². The van der Waals surface area contributed by atoms with Crippen LogP contribution in [0.4, 0.5) is 0 Å². The van der Waals surface area contributed by atoms with Crippen LogP contribution in [0.2, 0.25) is 0 Å². The number of aryl methyl sites for hydroxylation is 2. The lowest BCUT2D eigenvalue weighted by molar-refractivity contribution is 0.243. The van der Waals surface area contributed by atoms with Gasteiger partial charge in [0, 0.05) is 13.1 Å². The molecule has 8 heteroatoms. The molecule has 158 valence electrons. The first-order chi connectivity index (χ1) is 14.4. The Morgan fingerprint density at radius 1 is 1.13 bits per heavy atom. The summed E-state index contributed by atoms with van der Waals surface area (Å²) in [5.41, 5.74) is 1.67. The lowest BCUT2D eigenvalue weighted by Gasteiger charge is -2.30. The summed E-state index contributed by atoms with van der Waals surface area (Å²) in [6.07, 6.45) is 1.55. The van der Waals surface area contributed by atoms with Gasteiger partial charge in [0.25, 0.3) is 5.89 Å². The highest BCUT2D eigenvalue weighted by Gasteiger charge is 2.34. The number of para-hydroxylation sites is 1. The van der Waals surface area contributed by atoms with Gasteiger partial charge in [-0.05, 0) is 56.0 Å². The second-order valence-electron chi connectivity index (χ2n) is 7.61. The molecule has 7 nitrogen and oxygen atoms in total. The molecular formula is C22H25N3O4S. The third kappa shape index (κ3) is 4.39. The smallest absolute Gasteiger partial charge is 0.253 e. The maximum atomic E-state index is 13.2. The van der Waals surface area contributed by atoms with Crippen LogP contribution in [0.3, 0.4) is 0 Å². The first-order valence-corrected chi connectivity index (χ1v) is 11.4. The van der Waals surface area contributed by atoms with Crippen LogP contribution >= 0.6 is 0 Å². The molecule has 0 bridgehead atoms. The van der Waals surface area contributed by atoms with Gasteiger partial charge >= 0.3 is 0 Å². The van der Waals surface area contributed by atoms with Crippen LogP contribution in [0, 0.1) is 13.8 Å². The van der Waals surface area contributed by atoms with Crippen molar-refractivity contribution in [3.63, 3.8) is 0 Å².